The fourth-order valence-electron chi connectivity index (χ4n) is 3.14. The monoisotopic (exact) mass is 398 g/mol. The van der Waals surface area contributed by atoms with Crippen molar-refractivity contribution in [2.24, 2.45) is 0 Å². The number of hydrogen-bond donors (Lipinski definition) is 0. The molecule has 0 bridgehead atoms. The van der Waals surface area contributed by atoms with E-state index in [9.17, 15) is 4.79 Å². The molecule has 0 unspecified atom stereocenters. The van der Waals surface area contributed by atoms with E-state index < -0.39 is 0 Å². The van der Waals surface area contributed by atoms with E-state index in [2.05, 4.69) is 0 Å². The third-order valence-corrected chi connectivity index (χ3v) is 5.59. The summed E-state index contributed by atoms with van der Waals surface area (Å²) < 4.78 is 18.3. The van der Waals surface area contributed by atoms with Crippen LogP contribution >= 0.6 is 11.8 Å². The van der Waals surface area contributed by atoms with Crippen molar-refractivity contribution in [2.45, 2.75) is 24.6 Å². The van der Waals surface area contributed by atoms with Crippen LogP contribution in [0.3, 0.4) is 0 Å². The van der Waals surface area contributed by atoms with Crippen LogP contribution in [0.15, 0.2) is 58.5 Å². The molecule has 7 heteroatoms. The molecule has 0 saturated carbocycles. The van der Waals surface area contributed by atoms with Crippen LogP contribution in [0.2, 0.25) is 0 Å². The number of hydrogen-bond acceptors (Lipinski definition) is 6. The molecule has 6 nitrogen and oxygen atoms in total. The molecule has 2 aromatic carbocycles. The van der Waals surface area contributed by atoms with Gasteiger partial charge in [0.1, 0.15) is 12.5 Å². The Morgan fingerprint density at radius 2 is 2.04 bits per heavy atom. The summed E-state index contributed by atoms with van der Waals surface area (Å²) in [7, 11) is 0. The Morgan fingerprint density at radius 1 is 1.21 bits per heavy atom. The summed E-state index contributed by atoms with van der Waals surface area (Å²) >= 11 is 1.52. The van der Waals surface area contributed by atoms with Crippen molar-refractivity contribution in [2.75, 3.05) is 25.8 Å². The SMILES string of the molecule is CCOc1ccccc1-n1c(SC[C@H]2CCOCO2)nc2ccccc2c1=O. The van der Waals surface area contributed by atoms with E-state index >= 15 is 0 Å². The van der Waals surface area contributed by atoms with Crippen LogP contribution in [0.25, 0.3) is 16.6 Å². The van der Waals surface area contributed by atoms with Crippen LogP contribution in [-0.2, 0) is 9.47 Å². The van der Waals surface area contributed by atoms with E-state index in [0.29, 0.717) is 53.3 Å². The van der Waals surface area contributed by atoms with Crippen molar-refractivity contribution in [3.05, 3.63) is 58.9 Å². The van der Waals surface area contributed by atoms with E-state index in [1.165, 1.54) is 11.8 Å². The Bertz CT molecular complexity index is 1010. The summed E-state index contributed by atoms with van der Waals surface area (Å²) in [5.41, 5.74) is 1.28. The molecule has 0 amide bonds. The number of thioether (sulfide) groups is 1. The second kappa shape index (κ2) is 8.77. The van der Waals surface area contributed by atoms with Gasteiger partial charge in [0.25, 0.3) is 5.56 Å². The summed E-state index contributed by atoms with van der Waals surface area (Å²) in [5, 5.41) is 1.21. The first-order valence-electron chi connectivity index (χ1n) is 9.34. The highest BCUT2D eigenvalue weighted by molar-refractivity contribution is 7.99. The standard InChI is InChI=1S/C21H22N2O4S/c1-2-26-19-10-6-5-9-18(19)23-20(24)16-7-3-4-8-17(16)22-21(23)28-13-15-11-12-25-14-27-15/h3-10,15H,2,11-14H2,1H3/t15-/m1/s1. The number of fused-ring (bicyclic) bond motifs is 1. The fourth-order valence-corrected chi connectivity index (χ4v) is 4.21. The summed E-state index contributed by atoms with van der Waals surface area (Å²) in [5.74, 6) is 1.36. The Hall–Kier alpha value is -2.35. The summed E-state index contributed by atoms with van der Waals surface area (Å²) in [6.07, 6.45) is 0.915. The van der Waals surface area contributed by atoms with Gasteiger partial charge in [-0.3, -0.25) is 9.36 Å². The van der Waals surface area contributed by atoms with Crippen molar-refractivity contribution in [1.82, 2.24) is 9.55 Å². The highest BCUT2D eigenvalue weighted by atomic mass is 32.2. The molecule has 28 heavy (non-hydrogen) atoms. The first-order chi connectivity index (χ1) is 13.8. The zero-order valence-electron chi connectivity index (χ0n) is 15.7. The van der Waals surface area contributed by atoms with Gasteiger partial charge < -0.3 is 14.2 Å². The van der Waals surface area contributed by atoms with Crippen LogP contribution in [0.5, 0.6) is 5.75 Å². The molecule has 4 rings (SSSR count). The minimum absolute atomic E-state index is 0.0812. The zero-order valence-corrected chi connectivity index (χ0v) is 16.5. The van der Waals surface area contributed by atoms with Gasteiger partial charge in [0.05, 0.1) is 35.9 Å². The lowest BCUT2D eigenvalue weighted by atomic mass is 10.2. The molecular formula is C21H22N2O4S. The predicted molar refractivity (Wildman–Crippen MR) is 110 cm³/mol. The maximum absolute atomic E-state index is 13.4. The maximum Gasteiger partial charge on any atom is 0.266 e. The van der Waals surface area contributed by atoms with Crippen molar-refractivity contribution in [3.63, 3.8) is 0 Å². The minimum atomic E-state index is -0.104. The topological polar surface area (TPSA) is 62.6 Å². The van der Waals surface area contributed by atoms with E-state index in [4.69, 9.17) is 19.2 Å². The van der Waals surface area contributed by atoms with Gasteiger partial charge in [-0.25, -0.2) is 4.98 Å². The molecule has 0 N–H and O–H groups in total. The molecule has 0 spiro atoms. The summed E-state index contributed by atoms with van der Waals surface area (Å²) in [6, 6.07) is 15.0. The molecule has 3 aromatic rings. The molecule has 1 atom stereocenters. The third-order valence-electron chi connectivity index (χ3n) is 4.52. The lowest BCUT2D eigenvalue weighted by Crippen LogP contribution is -2.27. The van der Waals surface area contributed by atoms with Gasteiger partial charge in [-0.05, 0) is 37.6 Å². The van der Waals surface area contributed by atoms with Crippen LogP contribution in [0.4, 0.5) is 0 Å². The van der Waals surface area contributed by atoms with Gasteiger partial charge in [0, 0.05) is 5.75 Å². The molecule has 1 fully saturated rings. The molecule has 1 aliphatic heterocycles. The van der Waals surface area contributed by atoms with Crippen molar-refractivity contribution in [1.29, 1.82) is 0 Å². The van der Waals surface area contributed by atoms with Crippen molar-refractivity contribution in [3.8, 4) is 11.4 Å². The van der Waals surface area contributed by atoms with Crippen LogP contribution in [-0.4, -0.2) is 41.4 Å². The second-order valence-corrected chi connectivity index (χ2v) is 7.35. The summed E-state index contributed by atoms with van der Waals surface area (Å²) in [4.78, 5) is 18.1. The number of para-hydroxylation sites is 3. The molecule has 0 aliphatic carbocycles. The first-order valence-corrected chi connectivity index (χ1v) is 10.3. The highest BCUT2D eigenvalue weighted by Gasteiger charge is 2.19. The molecule has 0 radical (unpaired) electrons. The molecule has 2 heterocycles. The Balaban J connectivity index is 1.81. The largest absolute Gasteiger partial charge is 0.492 e. The van der Waals surface area contributed by atoms with Gasteiger partial charge in [0.15, 0.2) is 5.16 Å². The Kier molecular flexibility index (Phi) is 5.95. The number of aromatic nitrogens is 2. The van der Waals surface area contributed by atoms with Gasteiger partial charge in [0.2, 0.25) is 0 Å². The average molecular weight is 398 g/mol. The van der Waals surface area contributed by atoms with Crippen LogP contribution in [0, 0.1) is 0 Å². The number of rotatable bonds is 6. The van der Waals surface area contributed by atoms with E-state index in [-0.39, 0.29) is 11.7 Å². The molecular weight excluding hydrogens is 376 g/mol. The van der Waals surface area contributed by atoms with Crippen LogP contribution < -0.4 is 10.3 Å². The van der Waals surface area contributed by atoms with E-state index in [1.54, 1.807) is 10.6 Å². The van der Waals surface area contributed by atoms with Crippen molar-refractivity contribution >= 4 is 22.7 Å². The first kappa shape index (κ1) is 19.0. The number of ether oxygens (including phenoxy) is 3. The quantitative estimate of drug-likeness (QED) is 0.467. The third kappa shape index (κ3) is 3.92. The second-order valence-electron chi connectivity index (χ2n) is 6.37. The van der Waals surface area contributed by atoms with E-state index in [0.717, 1.165) is 6.42 Å². The van der Waals surface area contributed by atoms with Crippen LogP contribution in [0.1, 0.15) is 13.3 Å². The highest BCUT2D eigenvalue weighted by Crippen LogP contribution is 2.28. The maximum atomic E-state index is 13.4. The fraction of sp³-hybridized carbons (Fsp3) is 0.333. The summed E-state index contributed by atoms with van der Waals surface area (Å²) in [6.45, 7) is 3.45. The normalized spacial score (nSPS) is 17.0. The van der Waals surface area contributed by atoms with Gasteiger partial charge in [-0.15, -0.1) is 0 Å². The molecule has 1 aliphatic rings. The Labute approximate surface area is 167 Å². The number of nitrogens with zero attached hydrogens (tertiary/aromatic N) is 2. The number of benzene rings is 2. The predicted octanol–water partition coefficient (Wildman–Crippen LogP) is 3.64. The molecule has 1 saturated heterocycles. The molecule has 146 valence electrons. The minimum Gasteiger partial charge on any atom is -0.492 e. The van der Waals surface area contributed by atoms with Crippen molar-refractivity contribution < 1.29 is 14.2 Å². The lowest BCUT2D eigenvalue weighted by Gasteiger charge is -2.23. The lowest BCUT2D eigenvalue weighted by molar-refractivity contribution is -0.130. The Morgan fingerprint density at radius 3 is 2.86 bits per heavy atom. The van der Waals surface area contributed by atoms with Gasteiger partial charge in [-0.2, -0.15) is 0 Å². The molecule has 1 aromatic heterocycles. The van der Waals surface area contributed by atoms with Gasteiger partial charge in [-0.1, -0.05) is 36.0 Å². The smallest absolute Gasteiger partial charge is 0.266 e. The average Bonchev–Trinajstić information content (AvgIpc) is 2.74. The zero-order chi connectivity index (χ0) is 19.3. The van der Waals surface area contributed by atoms with E-state index in [1.807, 2.05) is 49.4 Å². The van der Waals surface area contributed by atoms with Gasteiger partial charge >= 0.3 is 0 Å².